The molecule has 0 spiro atoms. The average Bonchev–Trinajstić information content (AvgIpc) is 2.46. The molecule has 1 heterocycles. The monoisotopic (exact) mass is 183 g/mol. The molecule has 0 aromatic rings. The van der Waals surface area contributed by atoms with E-state index >= 15 is 0 Å². The van der Waals surface area contributed by atoms with E-state index in [0.29, 0.717) is 6.42 Å². The van der Waals surface area contributed by atoms with E-state index < -0.39 is 0 Å². The lowest BCUT2D eigenvalue weighted by molar-refractivity contribution is -0.128. The second-order valence-corrected chi connectivity index (χ2v) is 3.74. The number of hydrogen-bond donors (Lipinski definition) is 1. The minimum absolute atomic E-state index is 0.149. The van der Waals surface area contributed by atoms with Gasteiger partial charge in [-0.15, -0.1) is 0 Å². The maximum absolute atomic E-state index is 11.6. The SMILES string of the molecule is CCCC1(CCC=O)CCNC1=O. The molecule has 74 valence electrons. The largest absolute Gasteiger partial charge is 0.356 e. The Morgan fingerprint density at radius 1 is 1.54 bits per heavy atom. The first-order chi connectivity index (χ1) is 6.25. The molecule has 1 saturated heterocycles. The van der Waals surface area contributed by atoms with Crippen molar-refractivity contribution in [1.29, 1.82) is 0 Å². The van der Waals surface area contributed by atoms with Crippen LogP contribution in [-0.2, 0) is 9.59 Å². The zero-order valence-electron chi connectivity index (χ0n) is 8.14. The van der Waals surface area contributed by atoms with Crippen molar-refractivity contribution in [2.45, 2.75) is 39.0 Å². The maximum Gasteiger partial charge on any atom is 0.226 e. The van der Waals surface area contributed by atoms with Crippen molar-refractivity contribution in [3.8, 4) is 0 Å². The molecule has 3 nitrogen and oxygen atoms in total. The van der Waals surface area contributed by atoms with Gasteiger partial charge in [0.2, 0.25) is 5.91 Å². The fourth-order valence-electron chi connectivity index (χ4n) is 2.13. The van der Waals surface area contributed by atoms with Gasteiger partial charge in [-0.25, -0.2) is 0 Å². The summed E-state index contributed by atoms with van der Waals surface area (Å²) >= 11 is 0. The van der Waals surface area contributed by atoms with Crippen molar-refractivity contribution in [3.63, 3.8) is 0 Å². The zero-order valence-corrected chi connectivity index (χ0v) is 8.14. The van der Waals surface area contributed by atoms with Gasteiger partial charge in [0, 0.05) is 13.0 Å². The summed E-state index contributed by atoms with van der Waals surface area (Å²) < 4.78 is 0. The third-order valence-corrected chi connectivity index (χ3v) is 2.84. The first-order valence-corrected chi connectivity index (χ1v) is 4.97. The minimum Gasteiger partial charge on any atom is -0.356 e. The van der Waals surface area contributed by atoms with Crippen LogP contribution in [0.15, 0.2) is 0 Å². The molecule has 1 aliphatic rings. The highest BCUT2D eigenvalue weighted by atomic mass is 16.2. The Morgan fingerprint density at radius 2 is 2.31 bits per heavy atom. The summed E-state index contributed by atoms with van der Waals surface area (Å²) in [5, 5.41) is 2.85. The first kappa shape index (κ1) is 10.2. The first-order valence-electron chi connectivity index (χ1n) is 4.97. The molecule has 1 rings (SSSR count). The number of carbonyl (C=O) groups excluding carboxylic acids is 2. The van der Waals surface area contributed by atoms with Gasteiger partial charge in [-0.1, -0.05) is 13.3 Å². The Balaban J connectivity index is 2.62. The Morgan fingerprint density at radius 3 is 2.77 bits per heavy atom. The molecule has 1 aliphatic heterocycles. The molecule has 3 heteroatoms. The predicted octanol–water partition coefficient (Wildman–Crippen LogP) is 1.27. The molecule has 1 fully saturated rings. The Kier molecular flexibility index (Phi) is 3.46. The number of amides is 1. The smallest absolute Gasteiger partial charge is 0.226 e. The van der Waals surface area contributed by atoms with Gasteiger partial charge in [-0.3, -0.25) is 4.79 Å². The van der Waals surface area contributed by atoms with E-state index in [0.717, 1.165) is 38.5 Å². The average molecular weight is 183 g/mol. The fraction of sp³-hybridized carbons (Fsp3) is 0.800. The highest BCUT2D eigenvalue weighted by molar-refractivity contribution is 5.84. The van der Waals surface area contributed by atoms with E-state index in [4.69, 9.17) is 0 Å². The summed E-state index contributed by atoms with van der Waals surface area (Å²) in [5.74, 6) is 0.149. The van der Waals surface area contributed by atoms with Crippen LogP contribution < -0.4 is 5.32 Å². The highest BCUT2D eigenvalue weighted by Gasteiger charge is 2.40. The van der Waals surface area contributed by atoms with E-state index in [2.05, 4.69) is 12.2 Å². The van der Waals surface area contributed by atoms with Crippen LogP contribution >= 0.6 is 0 Å². The van der Waals surface area contributed by atoms with Crippen LogP contribution in [0.4, 0.5) is 0 Å². The molecule has 1 atom stereocenters. The van der Waals surface area contributed by atoms with Crippen molar-refractivity contribution in [1.82, 2.24) is 5.32 Å². The van der Waals surface area contributed by atoms with Crippen molar-refractivity contribution >= 4 is 12.2 Å². The molecule has 13 heavy (non-hydrogen) atoms. The summed E-state index contributed by atoms with van der Waals surface area (Å²) in [7, 11) is 0. The third kappa shape index (κ3) is 2.08. The summed E-state index contributed by atoms with van der Waals surface area (Å²) in [4.78, 5) is 21.8. The molecular weight excluding hydrogens is 166 g/mol. The molecule has 0 aromatic carbocycles. The maximum atomic E-state index is 11.6. The van der Waals surface area contributed by atoms with E-state index in [1.807, 2.05) is 0 Å². The lowest BCUT2D eigenvalue weighted by Gasteiger charge is -2.24. The van der Waals surface area contributed by atoms with Gasteiger partial charge in [0.05, 0.1) is 5.41 Å². The Hall–Kier alpha value is -0.860. The molecule has 0 saturated carbocycles. The van der Waals surface area contributed by atoms with Crippen LogP contribution in [-0.4, -0.2) is 18.7 Å². The van der Waals surface area contributed by atoms with Crippen molar-refractivity contribution in [3.05, 3.63) is 0 Å². The van der Waals surface area contributed by atoms with Gasteiger partial charge < -0.3 is 10.1 Å². The Labute approximate surface area is 78.9 Å². The van der Waals surface area contributed by atoms with Crippen molar-refractivity contribution in [2.24, 2.45) is 5.41 Å². The predicted molar refractivity (Wildman–Crippen MR) is 50.3 cm³/mol. The summed E-state index contributed by atoms with van der Waals surface area (Å²) in [6.45, 7) is 2.85. The van der Waals surface area contributed by atoms with Gasteiger partial charge in [-0.05, 0) is 19.3 Å². The van der Waals surface area contributed by atoms with E-state index in [1.165, 1.54) is 0 Å². The van der Waals surface area contributed by atoms with Crippen LogP contribution in [0.1, 0.15) is 39.0 Å². The van der Waals surface area contributed by atoms with E-state index in [1.54, 1.807) is 0 Å². The molecule has 1 amide bonds. The third-order valence-electron chi connectivity index (χ3n) is 2.84. The second kappa shape index (κ2) is 4.40. The van der Waals surface area contributed by atoms with Gasteiger partial charge in [-0.2, -0.15) is 0 Å². The molecular formula is C10H17NO2. The second-order valence-electron chi connectivity index (χ2n) is 3.74. The number of aldehydes is 1. The fourth-order valence-corrected chi connectivity index (χ4v) is 2.13. The van der Waals surface area contributed by atoms with E-state index in [9.17, 15) is 9.59 Å². The van der Waals surface area contributed by atoms with Crippen LogP contribution in [0, 0.1) is 5.41 Å². The van der Waals surface area contributed by atoms with E-state index in [-0.39, 0.29) is 11.3 Å². The lowest BCUT2D eigenvalue weighted by atomic mass is 9.78. The number of nitrogens with one attached hydrogen (secondary N) is 1. The standard InChI is InChI=1S/C10H17NO2/c1-2-4-10(5-3-8-12)6-7-11-9(10)13/h8H,2-7H2,1H3,(H,11,13). The van der Waals surface area contributed by atoms with Crippen LogP contribution in [0.5, 0.6) is 0 Å². The van der Waals surface area contributed by atoms with Crippen molar-refractivity contribution in [2.75, 3.05) is 6.54 Å². The summed E-state index contributed by atoms with van der Waals surface area (Å²) in [5.41, 5.74) is -0.227. The normalized spacial score (nSPS) is 27.3. The van der Waals surface area contributed by atoms with Crippen LogP contribution in [0.2, 0.25) is 0 Å². The molecule has 0 bridgehead atoms. The molecule has 0 radical (unpaired) electrons. The number of hydrogen-bond acceptors (Lipinski definition) is 2. The molecule has 0 aromatic heterocycles. The topological polar surface area (TPSA) is 46.2 Å². The van der Waals surface area contributed by atoms with Gasteiger partial charge >= 0.3 is 0 Å². The highest BCUT2D eigenvalue weighted by Crippen LogP contribution is 2.36. The lowest BCUT2D eigenvalue weighted by Crippen LogP contribution is -2.31. The minimum atomic E-state index is -0.227. The van der Waals surface area contributed by atoms with Crippen molar-refractivity contribution < 1.29 is 9.59 Å². The summed E-state index contributed by atoms with van der Waals surface area (Å²) in [6.07, 6.45) is 4.94. The molecule has 0 aliphatic carbocycles. The van der Waals surface area contributed by atoms with Crippen LogP contribution in [0.25, 0.3) is 0 Å². The van der Waals surface area contributed by atoms with Gasteiger partial charge in [0.15, 0.2) is 0 Å². The number of rotatable bonds is 5. The van der Waals surface area contributed by atoms with Gasteiger partial charge in [0.25, 0.3) is 0 Å². The zero-order chi connectivity index (χ0) is 9.73. The van der Waals surface area contributed by atoms with Crippen LogP contribution in [0.3, 0.4) is 0 Å². The molecule has 1 unspecified atom stereocenters. The number of carbonyl (C=O) groups is 2. The summed E-state index contributed by atoms with van der Waals surface area (Å²) in [6, 6.07) is 0. The molecule has 1 N–H and O–H groups in total. The Bertz CT molecular complexity index is 203. The van der Waals surface area contributed by atoms with Gasteiger partial charge in [0.1, 0.15) is 6.29 Å². The quantitative estimate of drug-likeness (QED) is 0.652.